The van der Waals surface area contributed by atoms with Gasteiger partial charge in [-0.2, -0.15) is 4.31 Å². The molecular weight excluding hydrogens is 390 g/mol. The number of hydrogen-bond donors (Lipinski definition) is 2. The fourth-order valence-corrected chi connectivity index (χ4v) is 4.40. The Morgan fingerprint density at radius 2 is 1.66 bits per heavy atom. The number of amides is 2. The predicted molar refractivity (Wildman–Crippen MR) is 113 cm³/mol. The fourth-order valence-electron chi connectivity index (χ4n) is 2.95. The van der Waals surface area contributed by atoms with E-state index >= 15 is 0 Å². The van der Waals surface area contributed by atoms with E-state index in [0.717, 1.165) is 5.56 Å². The molecule has 29 heavy (non-hydrogen) atoms. The smallest absolute Gasteiger partial charge is 0.251 e. The topological polar surface area (TPSA) is 95.6 Å². The molecule has 0 heterocycles. The second kappa shape index (κ2) is 9.67. The van der Waals surface area contributed by atoms with Crippen molar-refractivity contribution in [1.82, 2.24) is 9.62 Å². The zero-order chi connectivity index (χ0) is 21.6. The third kappa shape index (κ3) is 5.65. The molecule has 2 aromatic carbocycles. The van der Waals surface area contributed by atoms with Crippen molar-refractivity contribution in [2.45, 2.75) is 38.6 Å². The molecule has 0 aliphatic carbocycles. The molecule has 0 saturated carbocycles. The van der Waals surface area contributed by atoms with Crippen LogP contribution < -0.4 is 10.6 Å². The van der Waals surface area contributed by atoms with Crippen LogP contribution in [-0.4, -0.2) is 37.6 Å². The van der Waals surface area contributed by atoms with Gasteiger partial charge in [0.25, 0.3) is 5.91 Å². The Kier molecular flexibility index (Phi) is 7.53. The van der Waals surface area contributed by atoms with Crippen molar-refractivity contribution in [3.05, 3.63) is 59.7 Å². The summed E-state index contributed by atoms with van der Waals surface area (Å²) in [5.74, 6) is -0.500. The van der Waals surface area contributed by atoms with Gasteiger partial charge in [0, 0.05) is 31.3 Å². The largest absolute Gasteiger partial charge is 0.346 e. The lowest BCUT2D eigenvalue weighted by molar-refractivity contribution is -0.114. The zero-order valence-corrected chi connectivity index (χ0v) is 17.9. The number of benzene rings is 2. The van der Waals surface area contributed by atoms with Crippen LogP contribution in [-0.2, 0) is 14.8 Å². The number of rotatable bonds is 8. The van der Waals surface area contributed by atoms with E-state index < -0.39 is 10.0 Å². The van der Waals surface area contributed by atoms with E-state index in [-0.39, 0.29) is 22.8 Å². The number of nitrogens with one attached hydrogen (secondary N) is 2. The van der Waals surface area contributed by atoms with Crippen molar-refractivity contribution in [3.8, 4) is 0 Å². The summed E-state index contributed by atoms with van der Waals surface area (Å²) < 4.78 is 26.5. The van der Waals surface area contributed by atoms with E-state index in [1.807, 2.05) is 6.92 Å². The maximum atomic E-state index is 12.6. The molecule has 7 nitrogen and oxygen atoms in total. The van der Waals surface area contributed by atoms with Gasteiger partial charge >= 0.3 is 0 Å². The van der Waals surface area contributed by atoms with Crippen LogP contribution in [0.25, 0.3) is 0 Å². The van der Waals surface area contributed by atoms with E-state index in [1.165, 1.54) is 11.2 Å². The molecule has 0 aromatic heterocycles. The minimum Gasteiger partial charge on any atom is -0.346 e. The molecule has 2 aromatic rings. The summed E-state index contributed by atoms with van der Waals surface area (Å²) in [5.41, 5.74) is 1.75. The molecule has 0 radical (unpaired) electrons. The molecule has 1 unspecified atom stereocenters. The van der Waals surface area contributed by atoms with Crippen molar-refractivity contribution in [2.24, 2.45) is 0 Å². The van der Waals surface area contributed by atoms with Gasteiger partial charge in [-0.05, 0) is 42.8 Å². The maximum Gasteiger partial charge on any atom is 0.251 e. The van der Waals surface area contributed by atoms with Crippen LogP contribution in [0.1, 0.15) is 49.7 Å². The van der Waals surface area contributed by atoms with Crippen LogP contribution in [0.5, 0.6) is 0 Å². The standard InChI is InChI=1S/C21H27N3O4S/c1-5-24(6-2)29(27,28)20-12-10-17(11-13-20)15(3)22-21(26)18-8-7-9-19(14-18)23-16(4)25/h7-15H,5-6H2,1-4H3,(H,22,26)(H,23,25). The molecule has 2 amide bonds. The minimum absolute atomic E-state index is 0.212. The summed E-state index contributed by atoms with van der Waals surface area (Å²) in [6.45, 7) is 7.64. The highest BCUT2D eigenvalue weighted by Gasteiger charge is 2.21. The molecule has 0 aliphatic rings. The molecule has 0 aliphatic heterocycles. The first-order valence-corrected chi connectivity index (χ1v) is 10.9. The van der Waals surface area contributed by atoms with Gasteiger partial charge < -0.3 is 10.6 Å². The van der Waals surface area contributed by atoms with Gasteiger partial charge in [0.05, 0.1) is 10.9 Å². The van der Waals surface area contributed by atoms with Crippen molar-refractivity contribution < 1.29 is 18.0 Å². The van der Waals surface area contributed by atoms with Crippen LogP contribution in [0.4, 0.5) is 5.69 Å². The molecule has 0 saturated heterocycles. The summed E-state index contributed by atoms with van der Waals surface area (Å²) in [5, 5.41) is 5.53. The second-order valence-electron chi connectivity index (χ2n) is 6.62. The summed E-state index contributed by atoms with van der Waals surface area (Å²) in [6, 6.07) is 12.9. The van der Waals surface area contributed by atoms with Gasteiger partial charge in [-0.25, -0.2) is 8.42 Å². The maximum absolute atomic E-state index is 12.6. The van der Waals surface area contributed by atoms with Gasteiger partial charge in [0.15, 0.2) is 0 Å². The molecule has 2 N–H and O–H groups in total. The summed E-state index contributed by atoms with van der Waals surface area (Å²) in [6.07, 6.45) is 0. The Morgan fingerprint density at radius 1 is 1.03 bits per heavy atom. The zero-order valence-electron chi connectivity index (χ0n) is 17.1. The second-order valence-corrected chi connectivity index (χ2v) is 8.55. The average molecular weight is 418 g/mol. The van der Waals surface area contributed by atoms with Crippen molar-refractivity contribution in [1.29, 1.82) is 0 Å². The first-order chi connectivity index (χ1) is 13.7. The van der Waals surface area contributed by atoms with E-state index in [0.29, 0.717) is 24.3 Å². The van der Waals surface area contributed by atoms with Crippen LogP contribution in [0, 0.1) is 0 Å². The van der Waals surface area contributed by atoms with E-state index in [4.69, 9.17) is 0 Å². The normalized spacial score (nSPS) is 12.4. The molecule has 156 valence electrons. The lowest BCUT2D eigenvalue weighted by Crippen LogP contribution is -2.30. The van der Waals surface area contributed by atoms with Crippen LogP contribution in [0.15, 0.2) is 53.4 Å². The first-order valence-electron chi connectivity index (χ1n) is 9.47. The predicted octanol–water partition coefficient (Wildman–Crippen LogP) is 3.17. The first kappa shape index (κ1) is 22.6. The molecule has 0 bridgehead atoms. The number of anilines is 1. The summed E-state index contributed by atoms with van der Waals surface area (Å²) >= 11 is 0. The molecule has 2 rings (SSSR count). The van der Waals surface area contributed by atoms with Gasteiger partial charge in [0.2, 0.25) is 15.9 Å². The van der Waals surface area contributed by atoms with E-state index in [9.17, 15) is 18.0 Å². The SMILES string of the molecule is CCN(CC)S(=O)(=O)c1ccc(C(C)NC(=O)c2cccc(NC(C)=O)c2)cc1. The van der Waals surface area contributed by atoms with E-state index in [1.54, 1.807) is 62.4 Å². The fraction of sp³-hybridized carbons (Fsp3) is 0.333. The van der Waals surface area contributed by atoms with Crippen LogP contribution in [0.2, 0.25) is 0 Å². The molecule has 1 atom stereocenters. The highest BCUT2D eigenvalue weighted by atomic mass is 32.2. The monoisotopic (exact) mass is 417 g/mol. The van der Waals surface area contributed by atoms with Crippen LogP contribution >= 0.6 is 0 Å². The summed E-state index contributed by atoms with van der Waals surface area (Å²) in [4.78, 5) is 23.9. The summed E-state index contributed by atoms with van der Waals surface area (Å²) in [7, 11) is -3.51. The Morgan fingerprint density at radius 3 is 2.21 bits per heavy atom. The number of carbonyl (C=O) groups is 2. The molecular formula is C21H27N3O4S. The highest BCUT2D eigenvalue weighted by molar-refractivity contribution is 7.89. The van der Waals surface area contributed by atoms with Crippen LogP contribution in [0.3, 0.4) is 0 Å². The number of nitrogens with zero attached hydrogens (tertiary/aromatic N) is 1. The van der Waals surface area contributed by atoms with Crippen molar-refractivity contribution >= 4 is 27.5 Å². The third-order valence-corrected chi connectivity index (χ3v) is 6.58. The Balaban J connectivity index is 2.12. The van der Waals surface area contributed by atoms with Gasteiger partial charge in [-0.1, -0.05) is 32.0 Å². The van der Waals surface area contributed by atoms with Gasteiger partial charge in [-0.15, -0.1) is 0 Å². The lowest BCUT2D eigenvalue weighted by atomic mass is 10.1. The molecule has 0 spiro atoms. The Bertz CT molecular complexity index is 968. The number of carbonyl (C=O) groups excluding carboxylic acids is 2. The number of sulfonamides is 1. The quantitative estimate of drug-likeness (QED) is 0.690. The van der Waals surface area contributed by atoms with Gasteiger partial charge in [0.1, 0.15) is 0 Å². The Hall–Kier alpha value is -2.71. The van der Waals surface area contributed by atoms with Gasteiger partial charge in [-0.3, -0.25) is 9.59 Å². The van der Waals surface area contributed by atoms with Crippen molar-refractivity contribution in [3.63, 3.8) is 0 Å². The van der Waals surface area contributed by atoms with Crippen molar-refractivity contribution in [2.75, 3.05) is 18.4 Å². The molecule has 8 heteroatoms. The number of hydrogen-bond acceptors (Lipinski definition) is 4. The minimum atomic E-state index is -3.51. The third-order valence-electron chi connectivity index (χ3n) is 4.52. The Labute approximate surface area is 172 Å². The average Bonchev–Trinajstić information content (AvgIpc) is 2.68. The molecule has 0 fully saturated rings. The highest BCUT2D eigenvalue weighted by Crippen LogP contribution is 2.20. The van der Waals surface area contributed by atoms with E-state index in [2.05, 4.69) is 10.6 Å². The lowest BCUT2D eigenvalue weighted by Gasteiger charge is -2.19.